The van der Waals surface area contributed by atoms with Crippen molar-refractivity contribution in [1.29, 1.82) is 0 Å². The highest BCUT2D eigenvalue weighted by Gasteiger charge is 2.06. The van der Waals surface area contributed by atoms with E-state index < -0.39 is 0 Å². The van der Waals surface area contributed by atoms with E-state index in [0.29, 0.717) is 0 Å². The number of methoxy groups -OCH3 is 1. The third-order valence-electron chi connectivity index (χ3n) is 2.84. The highest BCUT2D eigenvalue weighted by Crippen LogP contribution is 2.26. The van der Waals surface area contributed by atoms with Crippen molar-refractivity contribution in [1.82, 2.24) is 10.2 Å². The minimum Gasteiger partial charge on any atom is -0.496 e. The van der Waals surface area contributed by atoms with Gasteiger partial charge in [0.25, 0.3) is 0 Å². The van der Waals surface area contributed by atoms with Crippen molar-refractivity contribution in [3.05, 3.63) is 28.2 Å². The number of halogens is 1. The van der Waals surface area contributed by atoms with Crippen LogP contribution in [0.5, 0.6) is 5.75 Å². The Hall–Kier alpha value is -0.580. The van der Waals surface area contributed by atoms with Crippen LogP contribution in [0.25, 0.3) is 0 Å². The molecule has 0 aliphatic carbocycles. The first-order chi connectivity index (χ1) is 8.71. The molecule has 0 bridgehead atoms. The van der Waals surface area contributed by atoms with Gasteiger partial charge < -0.3 is 10.1 Å². The lowest BCUT2D eigenvalue weighted by Gasteiger charge is -2.22. The second kappa shape index (κ2) is 8.51. The van der Waals surface area contributed by atoms with Gasteiger partial charge in [0.15, 0.2) is 0 Å². The molecule has 0 saturated heterocycles. The van der Waals surface area contributed by atoms with Crippen molar-refractivity contribution in [2.24, 2.45) is 0 Å². The molecule has 0 amide bonds. The molecule has 0 spiro atoms. The summed E-state index contributed by atoms with van der Waals surface area (Å²) in [4.78, 5) is 2.46. The van der Waals surface area contributed by atoms with Gasteiger partial charge in [0.1, 0.15) is 5.75 Å². The van der Waals surface area contributed by atoms with Crippen molar-refractivity contribution < 1.29 is 4.74 Å². The average Bonchev–Trinajstić information content (AvgIpc) is 2.36. The standard InChI is InChI=1S/C14H23BrN2O/c1-4-8-17(9-7-16-2)11-12-5-6-14(18-3)13(15)10-12/h5-6,10,16H,4,7-9,11H2,1-3H3. The highest BCUT2D eigenvalue weighted by atomic mass is 79.9. The maximum Gasteiger partial charge on any atom is 0.133 e. The maximum atomic E-state index is 5.25. The Labute approximate surface area is 119 Å². The normalized spacial score (nSPS) is 10.9. The molecule has 1 N–H and O–H groups in total. The molecular weight excluding hydrogens is 292 g/mol. The first-order valence-electron chi connectivity index (χ1n) is 6.40. The van der Waals surface area contributed by atoms with Crippen molar-refractivity contribution in [3.8, 4) is 5.75 Å². The zero-order valence-corrected chi connectivity index (χ0v) is 13.1. The molecule has 0 atom stereocenters. The van der Waals surface area contributed by atoms with Gasteiger partial charge in [0.05, 0.1) is 11.6 Å². The quantitative estimate of drug-likeness (QED) is 0.798. The lowest BCUT2D eigenvalue weighted by molar-refractivity contribution is 0.267. The zero-order chi connectivity index (χ0) is 13.4. The second-order valence-corrected chi connectivity index (χ2v) is 5.20. The van der Waals surface area contributed by atoms with E-state index in [0.717, 1.165) is 36.4 Å². The second-order valence-electron chi connectivity index (χ2n) is 4.35. The third kappa shape index (κ3) is 4.96. The molecule has 0 saturated carbocycles. The molecule has 1 aromatic rings. The monoisotopic (exact) mass is 314 g/mol. The van der Waals surface area contributed by atoms with Crippen molar-refractivity contribution >= 4 is 15.9 Å². The highest BCUT2D eigenvalue weighted by molar-refractivity contribution is 9.10. The summed E-state index contributed by atoms with van der Waals surface area (Å²) in [6, 6.07) is 6.29. The van der Waals surface area contributed by atoms with Crippen LogP contribution < -0.4 is 10.1 Å². The van der Waals surface area contributed by atoms with Crippen LogP contribution in [0.2, 0.25) is 0 Å². The van der Waals surface area contributed by atoms with Crippen molar-refractivity contribution in [2.75, 3.05) is 33.8 Å². The van der Waals surface area contributed by atoms with Gasteiger partial charge in [-0.05, 0) is 53.6 Å². The maximum absolute atomic E-state index is 5.25. The van der Waals surface area contributed by atoms with Gasteiger partial charge in [0.2, 0.25) is 0 Å². The summed E-state index contributed by atoms with van der Waals surface area (Å²) >= 11 is 3.53. The molecule has 0 heterocycles. The Morgan fingerprint density at radius 2 is 2.11 bits per heavy atom. The van der Waals surface area contributed by atoms with Crippen molar-refractivity contribution in [3.63, 3.8) is 0 Å². The molecule has 3 nitrogen and oxygen atoms in total. The lowest BCUT2D eigenvalue weighted by Crippen LogP contribution is -2.31. The summed E-state index contributed by atoms with van der Waals surface area (Å²) in [5.41, 5.74) is 1.31. The molecule has 0 unspecified atom stereocenters. The summed E-state index contributed by atoms with van der Waals surface area (Å²) in [5, 5.41) is 3.20. The number of rotatable bonds is 8. The largest absolute Gasteiger partial charge is 0.496 e. The van der Waals surface area contributed by atoms with Gasteiger partial charge in [-0.25, -0.2) is 0 Å². The van der Waals surface area contributed by atoms with E-state index in [1.165, 1.54) is 12.0 Å². The Balaban J connectivity index is 2.64. The lowest BCUT2D eigenvalue weighted by atomic mass is 10.2. The van der Waals surface area contributed by atoms with Crippen LogP contribution in [0.15, 0.2) is 22.7 Å². The molecule has 1 rings (SSSR count). The summed E-state index contributed by atoms with van der Waals surface area (Å²) in [7, 11) is 3.68. The number of nitrogens with zero attached hydrogens (tertiary/aromatic N) is 1. The average molecular weight is 315 g/mol. The molecule has 18 heavy (non-hydrogen) atoms. The van der Waals surface area contributed by atoms with Crippen LogP contribution >= 0.6 is 15.9 Å². The minimum absolute atomic E-state index is 0.885. The van der Waals surface area contributed by atoms with E-state index in [9.17, 15) is 0 Å². The minimum atomic E-state index is 0.885. The Kier molecular flexibility index (Phi) is 7.32. The molecule has 0 aliphatic rings. The molecule has 0 aliphatic heterocycles. The Morgan fingerprint density at radius 1 is 1.33 bits per heavy atom. The van der Waals surface area contributed by atoms with Crippen LogP contribution in [-0.4, -0.2) is 38.7 Å². The van der Waals surface area contributed by atoms with E-state index in [1.54, 1.807) is 7.11 Å². The molecule has 4 heteroatoms. The van der Waals surface area contributed by atoms with Crippen molar-refractivity contribution in [2.45, 2.75) is 19.9 Å². The van der Waals surface area contributed by atoms with E-state index >= 15 is 0 Å². The van der Waals surface area contributed by atoms with E-state index in [-0.39, 0.29) is 0 Å². The van der Waals surface area contributed by atoms with Crippen LogP contribution in [0, 0.1) is 0 Å². The zero-order valence-electron chi connectivity index (χ0n) is 11.5. The number of benzene rings is 1. The van der Waals surface area contributed by atoms with Crippen LogP contribution in [0.4, 0.5) is 0 Å². The first-order valence-corrected chi connectivity index (χ1v) is 7.20. The van der Waals surface area contributed by atoms with Crippen LogP contribution in [-0.2, 0) is 6.54 Å². The number of likely N-dealkylation sites (N-methyl/N-ethyl adjacent to an activating group) is 1. The Morgan fingerprint density at radius 3 is 2.67 bits per heavy atom. The van der Waals surface area contributed by atoms with Gasteiger partial charge in [-0.15, -0.1) is 0 Å². The fourth-order valence-electron chi connectivity index (χ4n) is 1.92. The number of nitrogens with one attached hydrogen (secondary N) is 1. The van der Waals surface area contributed by atoms with E-state index in [2.05, 4.69) is 45.2 Å². The summed E-state index contributed by atoms with van der Waals surface area (Å²) in [5.74, 6) is 0.885. The molecule has 102 valence electrons. The number of hydrogen-bond donors (Lipinski definition) is 1. The summed E-state index contributed by atoms with van der Waals surface area (Å²) < 4.78 is 6.27. The van der Waals surface area contributed by atoms with Gasteiger partial charge in [-0.1, -0.05) is 13.0 Å². The third-order valence-corrected chi connectivity index (χ3v) is 3.46. The fraction of sp³-hybridized carbons (Fsp3) is 0.571. The number of hydrogen-bond acceptors (Lipinski definition) is 3. The SMILES string of the molecule is CCCN(CCNC)Cc1ccc(OC)c(Br)c1. The number of ether oxygens (including phenoxy) is 1. The summed E-state index contributed by atoms with van der Waals surface area (Å²) in [6.45, 7) is 6.44. The molecular formula is C14H23BrN2O. The first kappa shape index (κ1) is 15.5. The smallest absolute Gasteiger partial charge is 0.133 e. The molecule has 1 aromatic carbocycles. The molecule has 0 aromatic heterocycles. The molecule has 0 fully saturated rings. The van der Waals surface area contributed by atoms with Gasteiger partial charge in [-0.3, -0.25) is 4.90 Å². The van der Waals surface area contributed by atoms with E-state index in [1.807, 2.05) is 13.1 Å². The van der Waals surface area contributed by atoms with Gasteiger partial charge in [-0.2, -0.15) is 0 Å². The molecule has 0 radical (unpaired) electrons. The fourth-order valence-corrected chi connectivity index (χ4v) is 2.51. The summed E-state index contributed by atoms with van der Waals surface area (Å²) in [6.07, 6.45) is 1.18. The van der Waals surface area contributed by atoms with E-state index in [4.69, 9.17) is 4.74 Å². The Bertz CT molecular complexity index is 358. The van der Waals surface area contributed by atoms with Gasteiger partial charge in [0, 0.05) is 19.6 Å². The van der Waals surface area contributed by atoms with Crippen LogP contribution in [0.1, 0.15) is 18.9 Å². The predicted molar refractivity (Wildman–Crippen MR) is 80.2 cm³/mol. The van der Waals surface area contributed by atoms with Crippen LogP contribution in [0.3, 0.4) is 0 Å². The topological polar surface area (TPSA) is 24.5 Å². The van der Waals surface area contributed by atoms with Gasteiger partial charge >= 0.3 is 0 Å². The predicted octanol–water partition coefficient (Wildman–Crippen LogP) is 2.89.